The highest BCUT2D eigenvalue weighted by atomic mass is 19.2. The molecule has 0 N–H and O–H groups in total. The summed E-state index contributed by atoms with van der Waals surface area (Å²) < 4.78 is 41.0. The molecule has 2 aliphatic carbocycles. The second-order valence-electron chi connectivity index (χ2n) is 9.53. The van der Waals surface area contributed by atoms with E-state index in [9.17, 15) is 13.6 Å². The lowest BCUT2D eigenvalue weighted by atomic mass is 9.63. The zero-order valence-corrected chi connectivity index (χ0v) is 17.7. The maximum absolute atomic E-state index is 14.9. The monoisotopic (exact) mass is 411 g/mol. The number of halogens is 2. The summed E-state index contributed by atoms with van der Waals surface area (Å²) in [6.07, 6.45) is 3.28. The van der Waals surface area contributed by atoms with Crippen LogP contribution in [0.15, 0.2) is 12.2 Å². The Hall–Kier alpha value is -1.01. The van der Waals surface area contributed by atoms with E-state index in [1.165, 1.54) is 32.1 Å². The van der Waals surface area contributed by atoms with Gasteiger partial charge in [-0.25, -0.2) is 8.78 Å². The van der Waals surface area contributed by atoms with Gasteiger partial charge in [-0.1, -0.05) is 51.2 Å². The van der Waals surface area contributed by atoms with E-state index in [0.29, 0.717) is 31.2 Å². The minimum absolute atomic E-state index is 0.141. The first kappa shape index (κ1) is 21.2. The van der Waals surface area contributed by atoms with Crippen LogP contribution < -0.4 is 0 Å². The highest BCUT2D eigenvalue weighted by Gasteiger charge is 2.60. The topological polar surface area (TPSA) is 38.8 Å². The molecule has 6 heteroatoms. The third kappa shape index (κ3) is 3.76. The second kappa shape index (κ2) is 8.62. The molecule has 164 valence electrons. The number of nitrogens with zero attached hydrogens (tertiary/aromatic N) is 1. The van der Waals surface area contributed by atoms with Crippen LogP contribution in [0.3, 0.4) is 0 Å². The van der Waals surface area contributed by atoms with Crippen molar-refractivity contribution < 1.29 is 23.0 Å². The van der Waals surface area contributed by atoms with Crippen molar-refractivity contribution in [2.24, 2.45) is 23.7 Å². The summed E-state index contributed by atoms with van der Waals surface area (Å²) in [5.74, 6) is -0.945. The molecule has 8 atom stereocenters. The molecular weight excluding hydrogens is 376 g/mol. The summed E-state index contributed by atoms with van der Waals surface area (Å²) in [6.45, 7) is 8.92. The van der Waals surface area contributed by atoms with Gasteiger partial charge in [0.25, 0.3) is 0 Å². The number of carbonyl (C=O) groups excluding carboxylic acids is 1. The number of morpholine rings is 1. The van der Waals surface area contributed by atoms with Gasteiger partial charge in [-0.15, -0.1) is 0 Å². The second-order valence-corrected chi connectivity index (χ2v) is 9.53. The Morgan fingerprint density at radius 2 is 1.97 bits per heavy atom. The Kier molecular flexibility index (Phi) is 6.31. The van der Waals surface area contributed by atoms with E-state index in [-0.39, 0.29) is 24.0 Å². The summed E-state index contributed by atoms with van der Waals surface area (Å²) in [6, 6.07) is -0.102. The SMILES string of the molecule is C=C1C(C(=O)OCC)CN2C3C(OC[C@@H]2CC2CCCCC2)C(F)C(F)C(C)C13. The molecule has 2 saturated carbocycles. The van der Waals surface area contributed by atoms with Gasteiger partial charge in [0, 0.05) is 24.5 Å². The van der Waals surface area contributed by atoms with Crippen molar-refractivity contribution in [2.75, 3.05) is 19.8 Å². The van der Waals surface area contributed by atoms with Crippen molar-refractivity contribution >= 4 is 5.97 Å². The molecule has 2 aliphatic heterocycles. The van der Waals surface area contributed by atoms with Crippen molar-refractivity contribution in [3.05, 3.63) is 12.2 Å². The third-order valence-electron chi connectivity index (χ3n) is 7.89. The van der Waals surface area contributed by atoms with Gasteiger partial charge in [-0.2, -0.15) is 0 Å². The summed E-state index contributed by atoms with van der Waals surface area (Å²) in [5.41, 5.74) is 0.693. The largest absolute Gasteiger partial charge is 0.465 e. The molecule has 0 aromatic carbocycles. The molecule has 0 spiro atoms. The van der Waals surface area contributed by atoms with Crippen molar-refractivity contribution in [3.63, 3.8) is 0 Å². The smallest absolute Gasteiger partial charge is 0.314 e. The Morgan fingerprint density at radius 1 is 1.24 bits per heavy atom. The number of rotatable bonds is 4. The van der Waals surface area contributed by atoms with Crippen molar-refractivity contribution in [2.45, 2.75) is 82.9 Å². The first-order valence-corrected chi connectivity index (χ1v) is 11.4. The van der Waals surface area contributed by atoms with Gasteiger partial charge >= 0.3 is 5.97 Å². The molecular formula is C23H35F2NO3. The van der Waals surface area contributed by atoms with Gasteiger partial charge in [0.15, 0.2) is 6.17 Å². The fraction of sp³-hybridized carbons (Fsp3) is 0.870. The summed E-state index contributed by atoms with van der Waals surface area (Å²) >= 11 is 0. The van der Waals surface area contributed by atoms with Crippen LogP contribution in [-0.4, -0.2) is 61.2 Å². The van der Waals surface area contributed by atoms with Gasteiger partial charge in [0.2, 0.25) is 0 Å². The first-order valence-electron chi connectivity index (χ1n) is 11.4. The molecule has 0 radical (unpaired) electrons. The molecule has 0 aromatic heterocycles. The average Bonchev–Trinajstić information content (AvgIpc) is 2.72. The van der Waals surface area contributed by atoms with Crippen molar-refractivity contribution in [1.82, 2.24) is 4.90 Å². The zero-order chi connectivity index (χ0) is 20.7. The van der Waals surface area contributed by atoms with Crippen LogP contribution in [0.5, 0.6) is 0 Å². The highest BCUT2D eigenvalue weighted by molar-refractivity contribution is 5.76. The van der Waals surface area contributed by atoms with Crippen LogP contribution in [0.1, 0.15) is 52.4 Å². The van der Waals surface area contributed by atoms with Crippen LogP contribution in [0.4, 0.5) is 8.78 Å². The number of piperidine rings is 1. The van der Waals surface area contributed by atoms with E-state index >= 15 is 0 Å². The molecule has 4 aliphatic rings. The highest BCUT2D eigenvalue weighted by Crippen LogP contribution is 2.49. The Bertz CT molecular complexity index is 623. The van der Waals surface area contributed by atoms with E-state index in [2.05, 4.69) is 11.5 Å². The Labute approximate surface area is 173 Å². The molecule has 0 bridgehead atoms. The lowest BCUT2D eigenvalue weighted by Crippen LogP contribution is -2.71. The van der Waals surface area contributed by atoms with Crippen LogP contribution in [-0.2, 0) is 14.3 Å². The predicted octanol–water partition coefficient (Wildman–Crippen LogP) is 4.09. The fourth-order valence-electron chi connectivity index (χ4n) is 6.39. The van der Waals surface area contributed by atoms with Crippen LogP contribution in [0.2, 0.25) is 0 Å². The van der Waals surface area contributed by atoms with Crippen LogP contribution in [0, 0.1) is 23.7 Å². The van der Waals surface area contributed by atoms with Gasteiger partial charge in [0.1, 0.15) is 12.3 Å². The Morgan fingerprint density at radius 3 is 2.66 bits per heavy atom. The lowest BCUT2D eigenvalue weighted by Gasteiger charge is -2.59. The maximum atomic E-state index is 14.9. The predicted molar refractivity (Wildman–Crippen MR) is 107 cm³/mol. The normalized spacial score (nSPS) is 43.7. The number of carbonyl (C=O) groups is 1. The van der Waals surface area contributed by atoms with Crippen LogP contribution >= 0.6 is 0 Å². The van der Waals surface area contributed by atoms with Crippen LogP contribution in [0.25, 0.3) is 0 Å². The van der Waals surface area contributed by atoms with E-state index in [4.69, 9.17) is 9.47 Å². The standard InChI is InChI=1S/C23H35F2NO3/c1-4-28-23(27)17-11-26-16(10-15-8-6-5-7-9-15)12-29-22-20(25)19(24)14(3)18(13(17)2)21(22)26/h14-22H,2,4-12H2,1,3H3/t14?,16-,17?,18?,19?,20?,21?,22?/m0/s1. The molecule has 7 unspecified atom stereocenters. The molecule has 2 heterocycles. The number of hydrogen-bond donors (Lipinski definition) is 0. The quantitative estimate of drug-likeness (QED) is 0.516. The summed E-state index contributed by atoms with van der Waals surface area (Å²) in [7, 11) is 0. The zero-order valence-electron chi connectivity index (χ0n) is 17.7. The number of esters is 1. The van der Waals surface area contributed by atoms with Crippen molar-refractivity contribution in [1.29, 1.82) is 0 Å². The van der Waals surface area contributed by atoms with Gasteiger partial charge in [-0.3, -0.25) is 9.69 Å². The Balaban J connectivity index is 1.62. The molecule has 4 nitrogen and oxygen atoms in total. The van der Waals surface area contributed by atoms with E-state index in [1.807, 2.05) is 0 Å². The van der Waals surface area contributed by atoms with Gasteiger partial charge in [0.05, 0.1) is 19.1 Å². The molecule has 0 amide bonds. The van der Waals surface area contributed by atoms with Crippen molar-refractivity contribution in [3.8, 4) is 0 Å². The summed E-state index contributed by atoms with van der Waals surface area (Å²) in [4.78, 5) is 15.0. The van der Waals surface area contributed by atoms with E-state index in [1.54, 1.807) is 13.8 Å². The fourth-order valence-corrected chi connectivity index (χ4v) is 6.39. The van der Waals surface area contributed by atoms with E-state index < -0.39 is 30.3 Å². The molecule has 4 rings (SSSR count). The van der Waals surface area contributed by atoms with Gasteiger partial charge < -0.3 is 9.47 Å². The first-order chi connectivity index (χ1) is 13.9. The molecule has 2 saturated heterocycles. The minimum atomic E-state index is -1.63. The minimum Gasteiger partial charge on any atom is -0.465 e. The molecule has 0 aromatic rings. The average molecular weight is 412 g/mol. The lowest BCUT2D eigenvalue weighted by molar-refractivity contribution is -0.203. The third-order valence-corrected chi connectivity index (χ3v) is 7.89. The number of ether oxygens (including phenoxy) is 2. The summed E-state index contributed by atoms with van der Waals surface area (Å²) in [5, 5.41) is 0. The molecule has 29 heavy (non-hydrogen) atoms. The maximum Gasteiger partial charge on any atom is 0.314 e. The van der Waals surface area contributed by atoms with E-state index in [0.717, 1.165) is 6.42 Å². The van der Waals surface area contributed by atoms with Gasteiger partial charge in [-0.05, 0) is 25.2 Å². The number of alkyl halides is 2. The number of hydrogen-bond acceptors (Lipinski definition) is 4. The molecule has 4 fully saturated rings.